The summed E-state index contributed by atoms with van der Waals surface area (Å²) in [5.41, 5.74) is -2.18. The smallest absolute Gasteiger partial charge is 0.365 e. The lowest BCUT2D eigenvalue weighted by atomic mass is 9.97. The van der Waals surface area contributed by atoms with Gasteiger partial charge in [0, 0.05) is 10.6 Å². The quantitative estimate of drug-likeness (QED) is 0.667. The van der Waals surface area contributed by atoms with Crippen LogP contribution in [-0.2, 0) is 5.72 Å². The summed E-state index contributed by atoms with van der Waals surface area (Å²) in [5.74, 6) is 0. The van der Waals surface area contributed by atoms with Gasteiger partial charge in [-0.1, -0.05) is 47.2 Å². The van der Waals surface area contributed by atoms with Gasteiger partial charge in [-0.25, -0.2) is 9.99 Å². The molecule has 0 saturated heterocycles. The van der Waals surface area contributed by atoms with Crippen molar-refractivity contribution in [3.63, 3.8) is 0 Å². The van der Waals surface area contributed by atoms with Gasteiger partial charge < -0.3 is 5.11 Å². The summed E-state index contributed by atoms with van der Waals surface area (Å²) in [6, 6.07) is 13.1. The SMILES string of the molecule is O[C@]1(c2ccc(Cl)cc2)CC(C(F)(F)F)=NN1c1nc2ccccc2s1. The number of alkyl halides is 3. The number of para-hydroxylation sites is 1. The Labute approximate surface area is 155 Å². The van der Waals surface area contributed by atoms with E-state index in [9.17, 15) is 18.3 Å². The summed E-state index contributed by atoms with van der Waals surface area (Å²) in [6.07, 6.45) is -5.35. The Morgan fingerprint density at radius 3 is 2.46 bits per heavy atom. The number of thiazole rings is 1. The van der Waals surface area contributed by atoms with Crippen molar-refractivity contribution >= 4 is 44.0 Å². The molecule has 1 aromatic heterocycles. The number of fused-ring (bicyclic) bond motifs is 1. The number of halogens is 4. The lowest BCUT2D eigenvalue weighted by molar-refractivity contribution is -0.0626. The minimum absolute atomic E-state index is 0.183. The highest BCUT2D eigenvalue weighted by atomic mass is 35.5. The minimum Gasteiger partial charge on any atom is -0.365 e. The van der Waals surface area contributed by atoms with E-state index < -0.39 is 24.0 Å². The standard InChI is InChI=1S/C17H11ClF3N3OS/c18-11-7-5-10(6-8-11)16(25)9-14(17(19,20)21)23-24(16)15-22-12-3-1-2-4-13(12)26-15/h1-8,25H,9H2/t16-/m0/s1. The van der Waals surface area contributed by atoms with E-state index in [0.717, 1.165) is 21.0 Å². The van der Waals surface area contributed by atoms with E-state index in [0.29, 0.717) is 10.5 Å². The number of hydrogen-bond donors (Lipinski definition) is 1. The summed E-state index contributed by atoms with van der Waals surface area (Å²) >= 11 is 7.02. The molecule has 0 fully saturated rings. The molecule has 4 nitrogen and oxygen atoms in total. The zero-order valence-corrected chi connectivity index (χ0v) is 14.6. The number of aromatic nitrogens is 1. The average Bonchev–Trinajstić information content (AvgIpc) is 3.16. The lowest BCUT2D eigenvalue weighted by Gasteiger charge is -2.31. The molecule has 0 radical (unpaired) electrons. The first kappa shape index (κ1) is 17.3. The predicted molar refractivity (Wildman–Crippen MR) is 95.6 cm³/mol. The minimum atomic E-state index is -4.65. The molecule has 0 amide bonds. The molecule has 0 bridgehead atoms. The first-order chi connectivity index (χ1) is 12.3. The topological polar surface area (TPSA) is 48.7 Å². The van der Waals surface area contributed by atoms with Gasteiger partial charge in [-0.15, -0.1) is 0 Å². The van der Waals surface area contributed by atoms with Crippen molar-refractivity contribution in [2.24, 2.45) is 5.10 Å². The molecule has 26 heavy (non-hydrogen) atoms. The van der Waals surface area contributed by atoms with Crippen molar-refractivity contribution in [1.82, 2.24) is 4.98 Å². The summed E-state index contributed by atoms with van der Waals surface area (Å²) in [4.78, 5) is 4.33. The lowest BCUT2D eigenvalue weighted by Crippen LogP contribution is -2.40. The van der Waals surface area contributed by atoms with Crippen LogP contribution in [0.4, 0.5) is 18.3 Å². The monoisotopic (exact) mass is 397 g/mol. The Bertz CT molecular complexity index is 969. The molecule has 0 saturated carbocycles. The largest absolute Gasteiger partial charge is 0.431 e. The van der Waals surface area contributed by atoms with E-state index in [1.165, 1.54) is 24.3 Å². The van der Waals surface area contributed by atoms with E-state index in [2.05, 4.69) is 10.1 Å². The van der Waals surface area contributed by atoms with Crippen LogP contribution in [0.3, 0.4) is 0 Å². The highest BCUT2D eigenvalue weighted by Gasteiger charge is 2.52. The number of benzene rings is 2. The van der Waals surface area contributed by atoms with Crippen molar-refractivity contribution < 1.29 is 18.3 Å². The number of aliphatic hydroxyl groups is 1. The van der Waals surface area contributed by atoms with E-state index in [-0.39, 0.29) is 10.7 Å². The normalized spacial score (nSPS) is 20.7. The molecule has 0 unspecified atom stereocenters. The Morgan fingerprint density at radius 1 is 1.12 bits per heavy atom. The van der Waals surface area contributed by atoms with Crippen LogP contribution in [-0.4, -0.2) is 22.0 Å². The maximum absolute atomic E-state index is 13.3. The molecule has 1 aliphatic rings. The zero-order chi connectivity index (χ0) is 18.5. The van der Waals surface area contributed by atoms with Gasteiger partial charge in [0.2, 0.25) is 5.13 Å². The zero-order valence-electron chi connectivity index (χ0n) is 13.0. The fourth-order valence-corrected chi connectivity index (χ4v) is 3.91. The first-order valence-corrected chi connectivity index (χ1v) is 8.76. The van der Waals surface area contributed by atoms with Crippen LogP contribution in [0.2, 0.25) is 5.02 Å². The second-order valence-electron chi connectivity index (χ2n) is 5.82. The fourth-order valence-electron chi connectivity index (χ4n) is 2.80. The first-order valence-electron chi connectivity index (χ1n) is 7.56. The van der Waals surface area contributed by atoms with Gasteiger partial charge in [0.25, 0.3) is 0 Å². The van der Waals surface area contributed by atoms with Crippen LogP contribution in [0, 0.1) is 0 Å². The third kappa shape index (κ3) is 2.84. The van der Waals surface area contributed by atoms with Crippen LogP contribution >= 0.6 is 22.9 Å². The second-order valence-corrected chi connectivity index (χ2v) is 7.27. The van der Waals surface area contributed by atoms with Gasteiger partial charge >= 0.3 is 6.18 Å². The van der Waals surface area contributed by atoms with Crippen LogP contribution in [0.5, 0.6) is 0 Å². The molecule has 1 N–H and O–H groups in total. The van der Waals surface area contributed by atoms with Gasteiger partial charge in [0.15, 0.2) is 5.72 Å². The average molecular weight is 398 g/mol. The Balaban J connectivity index is 1.85. The molecule has 4 rings (SSSR count). The number of hydrazone groups is 1. The molecule has 2 aromatic carbocycles. The summed E-state index contributed by atoms with van der Waals surface area (Å²) in [7, 11) is 0. The number of hydrogen-bond acceptors (Lipinski definition) is 5. The number of rotatable bonds is 2. The molecule has 1 aliphatic heterocycles. The fraction of sp³-hybridized carbons (Fsp3) is 0.176. The molecule has 3 aromatic rings. The molecule has 1 atom stereocenters. The Hall–Kier alpha value is -2.16. The third-order valence-electron chi connectivity index (χ3n) is 4.08. The number of anilines is 1. The molecule has 2 heterocycles. The van der Waals surface area contributed by atoms with Crippen LogP contribution in [0.15, 0.2) is 53.6 Å². The highest BCUT2D eigenvalue weighted by Crippen LogP contribution is 2.44. The summed E-state index contributed by atoms with van der Waals surface area (Å²) in [6.45, 7) is 0. The molecule has 0 aliphatic carbocycles. The van der Waals surface area contributed by atoms with Crippen LogP contribution in [0.1, 0.15) is 12.0 Å². The van der Waals surface area contributed by atoms with E-state index in [1.54, 1.807) is 12.1 Å². The molecular weight excluding hydrogens is 387 g/mol. The Morgan fingerprint density at radius 2 is 1.81 bits per heavy atom. The molecular formula is C17H11ClF3N3OS. The maximum Gasteiger partial charge on any atom is 0.431 e. The third-order valence-corrected chi connectivity index (χ3v) is 5.35. The van der Waals surface area contributed by atoms with Gasteiger partial charge in [0.05, 0.1) is 16.6 Å². The van der Waals surface area contributed by atoms with Crippen molar-refractivity contribution in [2.75, 3.05) is 5.01 Å². The van der Waals surface area contributed by atoms with Gasteiger partial charge in [0.1, 0.15) is 5.71 Å². The van der Waals surface area contributed by atoms with Crippen molar-refractivity contribution in [3.05, 3.63) is 59.1 Å². The van der Waals surface area contributed by atoms with Crippen LogP contribution in [0.25, 0.3) is 10.2 Å². The summed E-state index contributed by atoms with van der Waals surface area (Å²) < 4.78 is 40.6. The van der Waals surface area contributed by atoms with Crippen molar-refractivity contribution in [3.8, 4) is 0 Å². The number of nitrogens with zero attached hydrogens (tertiary/aromatic N) is 3. The molecule has 134 valence electrons. The van der Waals surface area contributed by atoms with Gasteiger partial charge in [-0.3, -0.25) is 0 Å². The Kier molecular flexibility index (Phi) is 3.94. The van der Waals surface area contributed by atoms with E-state index in [4.69, 9.17) is 11.6 Å². The van der Waals surface area contributed by atoms with Crippen molar-refractivity contribution in [1.29, 1.82) is 0 Å². The van der Waals surface area contributed by atoms with E-state index in [1.807, 2.05) is 12.1 Å². The highest BCUT2D eigenvalue weighted by molar-refractivity contribution is 7.22. The second kappa shape index (κ2) is 5.94. The van der Waals surface area contributed by atoms with Gasteiger partial charge in [-0.05, 0) is 24.3 Å². The summed E-state index contributed by atoms with van der Waals surface area (Å²) in [5, 5.41) is 16.4. The van der Waals surface area contributed by atoms with E-state index >= 15 is 0 Å². The maximum atomic E-state index is 13.3. The van der Waals surface area contributed by atoms with Crippen molar-refractivity contribution in [2.45, 2.75) is 18.3 Å². The van der Waals surface area contributed by atoms with Crippen LogP contribution < -0.4 is 5.01 Å². The molecule has 0 spiro atoms. The molecule has 9 heteroatoms. The van der Waals surface area contributed by atoms with Gasteiger partial charge in [-0.2, -0.15) is 18.3 Å². The predicted octanol–water partition coefficient (Wildman–Crippen LogP) is 4.92.